The molecule has 0 saturated carbocycles. The van der Waals surface area contributed by atoms with Gasteiger partial charge in [0.15, 0.2) is 0 Å². The summed E-state index contributed by atoms with van der Waals surface area (Å²) in [5, 5.41) is 5.72. The summed E-state index contributed by atoms with van der Waals surface area (Å²) in [4.78, 5) is 25.2. The molecular formula is C21H25BrN2O4. The average molecular weight is 449 g/mol. The number of carbonyl (C=O) groups excluding carboxylic acids is 2. The van der Waals surface area contributed by atoms with Crippen LogP contribution in [0.3, 0.4) is 0 Å². The van der Waals surface area contributed by atoms with Crippen LogP contribution < -0.4 is 15.4 Å². The second-order valence-electron chi connectivity index (χ2n) is 7.19. The van der Waals surface area contributed by atoms with Crippen LogP contribution in [-0.4, -0.2) is 37.7 Å². The van der Waals surface area contributed by atoms with Gasteiger partial charge in [-0.15, -0.1) is 0 Å². The third-order valence-electron chi connectivity index (χ3n) is 3.65. The zero-order valence-electron chi connectivity index (χ0n) is 16.5. The van der Waals surface area contributed by atoms with Crippen molar-refractivity contribution in [3.05, 3.63) is 58.1 Å². The molecule has 0 saturated heterocycles. The summed E-state index contributed by atoms with van der Waals surface area (Å²) < 4.78 is 11.2. The summed E-state index contributed by atoms with van der Waals surface area (Å²) in [6.45, 7) is 6.60. The van der Waals surface area contributed by atoms with E-state index in [9.17, 15) is 9.59 Å². The summed E-state index contributed by atoms with van der Waals surface area (Å²) in [6.07, 6.45) is 0. The first-order valence-corrected chi connectivity index (χ1v) is 9.65. The largest absolute Gasteiger partial charge is 0.490 e. The van der Waals surface area contributed by atoms with Crippen molar-refractivity contribution in [2.75, 3.05) is 25.6 Å². The summed E-state index contributed by atoms with van der Waals surface area (Å²) in [5.41, 5.74) is 0.921. The Bertz CT molecular complexity index is 847. The lowest BCUT2D eigenvalue weighted by molar-refractivity contribution is 0.0920. The van der Waals surface area contributed by atoms with Gasteiger partial charge in [0.25, 0.3) is 11.8 Å². The molecule has 6 nitrogen and oxygen atoms in total. The average Bonchev–Trinajstić information content (AvgIpc) is 2.62. The van der Waals surface area contributed by atoms with Gasteiger partial charge in [0.05, 0.1) is 22.3 Å². The number of hydrogen-bond acceptors (Lipinski definition) is 4. The third kappa shape index (κ3) is 6.35. The van der Waals surface area contributed by atoms with E-state index in [0.29, 0.717) is 40.3 Å². The molecule has 0 fully saturated rings. The topological polar surface area (TPSA) is 76.7 Å². The lowest BCUT2D eigenvalue weighted by Crippen LogP contribution is -2.40. The first-order valence-electron chi connectivity index (χ1n) is 8.85. The molecule has 2 aromatic rings. The highest BCUT2D eigenvalue weighted by Gasteiger charge is 2.19. The molecule has 150 valence electrons. The summed E-state index contributed by atoms with van der Waals surface area (Å²) in [7, 11) is 1.60. The molecule has 2 aromatic carbocycles. The van der Waals surface area contributed by atoms with E-state index >= 15 is 0 Å². The predicted molar refractivity (Wildman–Crippen MR) is 113 cm³/mol. The van der Waals surface area contributed by atoms with Crippen molar-refractivity contribution in [3.63, 3.8) is 0 Å². The van der Waals surface area contributed by atoms with Crippen molar-refractivity contribution in [3.8, 4) is 5.75 Å². The van der Waals surface area contributed by atoms with Crippen molar-refractivity contribution in [2.24, 2.45) is 0 Å². The third-order valence-corrected chi connectivity index (χ3v) is 4.27. The van der Waals surface area contributed by atoms with E-state index in [2.05, 4.69) is 26.6 Å². The number of rotatable bonds is 7. The molecule has 0 aromatic heterocycles. The van der Waals surface area contributed by atoms with Crippen molar-refractivity contribution >= 4 is 33.4 Å². The molecule has 0 unspecified atom stereocenters. The van der Waals surface area contributed by atoms with Gasteiger partial charge in [0, 0.05) is 18.2 Å². The molecule has 2 rings (SSSR count). The normalized spacial score (nSPS) is 11.0. The van der Waals surface area contributed by atoms with Gasteiger partial charge in [-0.05, 0) is 67.0 Å². The van der Waals surface area contributed by atoms with Gasteiger partial charge in [-0.25, -0.2) is 0 Å². The Morgan fingerprint density at radius 2 is 1.75 bits per heavy atom. The standard InChI is InChI=1S/C21H25BrN2O4/c1-21(2,3)24-20(26)15-7-5-6-8-17(15)23-19(25)14-9-10-18(16(22)13-14)28-12-11-27-4/h5-10,13H,11-12H2,1-4H3,(H,23,25)(H,24,26). The first kappa shape index (κ1) is 21.9. The number of ether oxygens (including phenoxy) is 2. The Morgan fingerprint density at radius 1 is 1.04 bits per heavy atom. The quantitative estimate of drug-likeness (QED) is 0.620. The fourth-order valence-electron chi connectivity index (χ4n) is 2.39. The molecule has 0 aliphatic carbocycles. The molecule has 0 radical (unpaired) electrons. The zero-order valence-corrected chi connectivity index (χ0v) is 18.1. The van der Waals surface area contributed by atoms with Gasteiger partial charge in [0.1, 0.15) is 12.4 Å². The maximum atomic E-state index is 12.7. The van der Waals surface area contributed by atoms with E-state index in [1.807, 2.05) is 20.8 Å². The number of benzene rings is 2. The molecule has 2 amide bonds. The fraction of sp³-hybridized carbons (Fsp3) is 0.333. The minimum absolute atomic E-state index is 0.244. The number of carbonyl (C=O) groups is 2. The maximum Gasteiger partial charge on any atom is 0.255 e. The maximum absolute atomic E-state index is 12.7. The van der Waals surface area contributed by atoms with Crippen LogP contribution in [-0.2, 0) is 4.74 Å². The molecule has 0 spiro atoms. The highest BCUT2D eigenvalue weighted by Crippen LogP contribution is 2.27. The van der Waals surface area contributed by atoms with E-state index in [1.54, 1.807) is 49.6 Å². The Hall–Kier alpha value is -2.38. The van der Waals surface area contributed by atoms with E-state index in [4.69, 9.17) is 9.47 Å². The molecule has 2 N–H and O–H groups in total. The van der Waals surface area contributed by atoms with Crippen LogP contribution in [0, 0.1) is 0 Å². The second-order valence-corrected chi connectivity index (χ2v) is 8.04. The highest BCUT2D eigenvalue weighted by atomic mass is 79.9. The van der Waals surface area contributed by atoms with Gasteiger partial charge >= 0.3 is 0 Å². The van der Waals surface area contributed by atoms with Crippen LogP contribution >= 0.6 is 15.9 Å². The van der Waals surface area contributed by atoms with E-state index in [0.717, 1.165) is 0 Å². The number of methoxy groups -OCH3 is 1. The Labute approximate surface area is 173 Å². The van der Waals surface area contributed by atoms with E-state index < -0.39 is 0 Å². The second kappa shape index (κ2) is 9.71. The summed E-state index contributed by atoms with van der Waals surface area (Å²) in [5.74, 6) is 0.0603. The molecular weight excluding hydrogens is 424 g/mol. The smallest absolute Gasteiger partial charge is 0.255 e. The number of para-hydroxylation sites is 1. The Morgan fingerprint density at radius 3 is 2.39 bits per heavy atom. The number of amides is 2. The fourth-order valence-corrected chi connectivity index (χ4v) is 2.88. The SMILES string of the molecule is COCCOc1ccc(C(=O)Nc2ccccc2C(=O)NC(C)(C)C)cc1Br. The first-order chi connectivity index (χ1) is 13.2. The highest BCUT2D eigenvalue weighted by molar-refractivity contribution is 9.10. The molecule has 0 heterocycles. The van der Waals surface area contributed by atoms with Crippen molar-refractivity contribution in [1.82, 2.24) is 5.32 Å². The lowest BCUT2D eigenvalue weighted by Gasteiger charge is -2.21. The van der Waals surface area contributed by atoms with Gasteiger partial charge in [-0.3, -0.25) is 9.59 Å². The zero-order chi connectivity index (χ0) is 20.7. The van der Waals surface area contributed by atoms with Crippen LogP contribution in [0.25, 0.3) is 0 Å². The van der Waals surface area contributed by atoms with Crippen molar-refractivity contribution < 1.29 is 19.1 Å². The molecule has 28 heavy (non-hydrogen) atoms. The molecule has 7 heteroatoms. The summed E-state index contributed by atoms with van der Waals surface area (Å²) >= 11 is 3.41. The monoisotopic (exact) mass is 448 g/mol. The predicted octanol–water partition coefficient (Wildman–Crippen LogP) is 4.25. The number of halogens is 1. The Kier molecular flexibility index (Phi) is 7.60. The van der Waals surface area contributed by atoms with E-state index in [1.165, 1.54) is 0 Å². The van der Waals surface area contributed by atoms with Crippen molar-refractivity contribution in [1.29, 1.82) is 0 Å². The molecule has 0 atom stereocenters. The number of anilines is 1. The van der Waals surface area contributed by atoms with Crippen molar-refractivity contribution in [2.45, 2.75) is 26.3 Å². The van der Waals surface area contributed by atoms with Gasteiger partial charge in [0.2, 0.25) is 0 Å². The number of hydrogen-bond donors (Lipinski definition) is 2. The number of nitrogens with one attached hydrogen (secondary N) is 2. The lowest BCUT2D eigenvalue weighted by atomic mass is 10.1. The van der Waals surface area contributed by atoms with E-state index in [-0.39, 0.29) is 17.4 Å². The Balaban J connectivity index is 2.15. The van der Waals surface area contributed by atoms with Crippen LogP contribution in [0.15, 0.2) is 46.9 Å². The van der Waals surface area contributed by atoms with Gasteiger partial charge in [-0.2, -0.15) is 0 Å². The van der Waals surface area contributed by atoms with Crippen LogP contribution in [0.1, 0.15) is 41.5 Å². The minimum Gasteiger partial charge on any atom is -0.490 e. The summed E-state index contributed by atoms with van der Waals surface area (Å²) in [6, 6.07) is 12.0. The van der Waals surface area contributed by atoms with Crippen LogP contribution in [0.4, 0.5) is 5.69 Å². The van der Waals surface area contributed by atoms with Crippen LogP contribution in [0.2, 0.25) is 0 Å². The van der Waals surface area contributed by atoms with Gasteiger partial charge in [-0.1, -0.05) is 12.1 Å². The minimum atomic E-state index is -0.377. The molecule has 0 bridgehead atoms. The van der Waals surface area contributed by atoms with Gasteiger partial charge < -0.3 is 20.1 Å². The van der Waals surface area contributed by atoms with Crippen LogP contribution in [0.5, 0.6) is 5.75 Å². The molecule has 0 aliphatic rings. The molecule has 0 aliphatic heterocycles.